The summed E-state index contributed by atoms with van der Waals surface area (Å²) in [5.74, 6) is -0.0780. The molecule has 2 aromatic rings. The van der Waals surface area contributed by atoms with Gasteiger partial charge in [-0.05, 0) is 13.3 Å². The zero-order chi connectivity index (χ0) is 16.1. The highest BCUT2D eigenvalue weighted by molar-refractivity contribution is 5.59. The number of nitriles is 1. The van der Waals surface area contributed by atoms with Crippen LogP contribution in [0.3, 0.4) is 0 Å². The smallest absolute Gasteiger partial charge is 0.271 e. The molecule has 0 fully saturated rings. The fourth-order valence-corrected chi connectivity index (χ4v) is 1.94. The maximum Gasteiger partial charge on any atom is 0.271 e. The first-order valence-corrected chi connectivity index (χ1v) is 6.78. The number of azo groups is 1. The van der Waals surface area contributed by atoms with Crippen molar-refractivity contribution in [3.05, 3.63) is 33.8 Å². The number of pyridine rings is 1. The molecule has 2 aromatic heterocycles. The van der Waals surface area contributed by atoms with E-state index in [9.17, 15) is 15.2 Å². The van der Waals surface area contributed by atoms with Crippen LogP contribution >= 0.6 is 0 Å². The summed E-state index contributed by atoms with van der Waals surface area (Å²) in [5, 5.41) is 30.8. The molecule has 8 heteroatoms. The predicted octanol–water partition coefficient (Wildman–Crippen LogP) is 2.94. The van der Waals surface area contributed by atoms with Gasteiger partial charge in [-0.1, -0.05) is 18.5 Å². The van der Waals surface area contributed by atoms with Gasteiger partial charge in [-0.2, -0.15) is 5.26 Å². The fourth-order valence-electron chi connectivity index (χ4n) is 1.94. The summed E-state index contributed by atoms with van der Waals surface area (Å²) in [6.45, 7) is 3.82. The van der Waals surface area contributed by atoms with Crippen molar-refractivity contribution >= 4 is 11.5 Å². The average Bonchev–Trinajstić information content (AvgIpc) is 3.01. The van der Waals surface area contributed by atoms with Crippen molar-refractivity contribution in [3.8, 4) is 11.9 Å². The molecule has 0 amide bonds. The first-order chi connectivity index (χ1) is 10.6. The lowest BCUT2D eigenvalue weighted by Crippen LogP contribution is -2.23. The van der Waals surface area contributed by atoms with E-state index < -0.39 is 5.56 Å². The number of nitrogens with zero attached hydrogens (tertiary/aromatic N) is 5. The van der Waals surface area contributed by atoms with Gasteiger partial charge in [0, 0.05) is 18.2 Å². The molecule has 0 aliphatic rings. The predicted molar refractivity (Wildman–Crippen MR) is 77.4 cm³/mol. The Bertz CT molecular complexity index is 784. The van der Waals surface area contributed by atoms with Crippen LogP contribution in [0, 0.1) is 18.3 Å². The molecule has 0 aliphatic carbocycles. The van der Waals surface area contributed by atoms with E-state index in [1.54, 1.807) is 6.92 Å². The van der Waals surface area contributed by atoms with Gasteiger partial charge in [-0.3, -0.25) is 9.36 Å². The summed E-state index contributed by atoms with van der Waals surface area (Å²) < 4.78 is 5.78. The third kappa shape index (κ3) is 2.88. The highest BCUT2D eigenvalue weighted by Crippen LogP contribution is 2.32. The molecule has 0 saturated carbocycles. The van der Waals surface area contributed by atoms with Crippen molar-refractivity contribution in [2.24, 2.45) is 10.2 Å². The number of rotatable bonds is 5. The van der Waals surface area contributed by atoms with Gasteiger partial charge in [0.1, 0.15) is 17.9 Å². The van der Waals surface area contributed by atoms with Crippen molar-refractivity contribution < 1.29 is 9.63 Å². The van der Waals surface area contributed by atoms with E-state index in [-0.39, 0.29) is 28.5 Å². The van der Waals surface area contributed by atoms with Crippen LogP contribution in [0.2, 0.25) is 0 Å². The van der Waals surface area contributed by atoms with Crippen molar-refractivity contribution in [1.82, 2.24) is 9.72 Å². The second-order valence-electron chi connectivity index (χ2n) is 4.65. The number of aromatic hydroxyl groups is 1. The topological polar surface area (TPSA) is 117 Å². The van der Waals surface area contributed by atoms with Crippen LogP contribution in [0.1, 0.15) is 30.9 Å². The molecule has 0 aromatic carbocycles. The molecule has 2 rings (SSSR count). The fraction of sp³-hybridized carbons (Fsp3) is 0.357. The second-order valence-corrected chi connectivity index (χ2v) is 4.65. The summed E-state index contributed by atoms with van der Waals surface area (Å²) >= 11 is 0. The number of hydrogen-bond donors (Lipinski definition) is 1. The third-order valence-corrected chi connectivity index (χ3v) is 3.18. The second kappa shape index (κ2) is 6.67. The van der Waals surface area contributed by atoms with Crippen LogP contribution < -0.4 is 5.56 Å². The van der Waals surface area contributed by atoms with Crippen LogP contribution in [0.5, 0.6) is 5.88 Å². The maximum absolute atomic E-state index is 12.2. The summed E-state index contributed by atoms with van der Waals surface area (Å²) in [7, 11) is 0. The first kappa shape index (κ1) is 15.4. The Hall–Kier alpha value is -2.95. The molecule has 0 spiro atoms. The lowest BCUT2D eigenvalue weighted by Gasteiger charge is -2.12. The highest BCUT2D eigenvalue weighted by Gasteiger charge is 2.18. The molecule has 8 nitrogen and oxygen atoms in total. The Morgan fingerprint density at radius 2 is 2.27 bits per heavy atom. The third-order valence-electron chi connectivity index (χ3n) is 3.18. The standard InChI is InChI=1S/C14H15N5O3/c1-3-4-6-19-13(20)10(8-15)9(2)12(14(19)21)17-16-11-5-7-22-18-11/h5,7,21H,3-4,6H2,1-2H3. The number of hydrogen-bond acceptors (Lipinski definition) is 7. The van der Waals surface area contributed by atoms with Crippen LogP contribution in [0.25, 0.3) is 0 Å². The van der Waals surface area contributed by atoms with Crippen molar-refractivity contribution in [3.63, 3.8) is 0 Å². The van der Waals surface area contributed by atoms with Crippen LogP contribution in [0.4, 0.5) is 11.5 Å². The lowest BCUT2D eigenvalue weighted by atomic mass is 10.1. The van der Waals surface area contributed by atoms with Gasteiger partial charge in [0.15, 0.2) is 5.69 Å². The van der Waals surface area contributed by atoms with Crippen LogP contribution in [0.15, 0.2) is 31.9 Å². The van der Waals surface area contributed by atoms with E-state index in [2.05, 4.69) is 19.9 Å². The molecule has 0 unspecified atom stereocenters. The van der Waals surface area contributed by atoms with E-state index in [1.165, 1.54) is 12.3 Å². The summed E-state index contributed by atoms with van der Waals surface area (Å²) in [5.41, 5.74) is -0.213. The average molecular weight is 301 g/mol. The normalized spacial score (nSPS) is 11.0. The summed E-state index contributed by atoms with van der Waals surface area (Å²) in [4.78, 5) is 12.2. The molecule has 114 valence electrons. The first-order valence-electron chi connectivity index (χ1n) is 6.78. The Kier molecular flexibility index (Phi) is 4.68. The van der Waals surface area contributed by atoms with Gasteiger partial charge in [0.05, 0.1) is 0 Å². The largest absolute Gasteiger partial charge is 0.493 e. The van der Waals surface area contributed by atoms with Crippen molar-refractivity contribution in [2.75, 3.05) is 0 Å². The Morgan fingerprint density at radius 1 is 1.50 bits per heavy atom. The molecule has 0 atom stereocenters. The van der Waals surface area contributed by atoms with Gasteiger partial charge in [-0.25, -0.2) is 0 Å². The quantitative estimate of drug-likeness (QED) is 0.852. The summed E-state index contributed by atoms with van der Waals surface area (Å²) in [6, 6.07) is 3.36. The molecular formula is C14H15N5O3. The number of aromatic nitrogens is 2. The van der Waals surface area contributed by atoms with Crippen LogP contribution in [-0.4, -0.2) is 14.8 Å². The zero-order valence-corrected chi connectivity index (χ0v) is 12.3. The van der Waals surface area contributed by atoms with E-state index in [0.717, 1.165) is 11.0 Å². The Labute approximate surface area is 126 Å². The van der Waals surface area contributed by atoms with Crippen LogP contribution in [-0.2, 0) is 6.54 Å². The maximum atomic E-state index is 12.2. The Balaban J connectivity index is 2.57. The van der Waals surface area contributed by atoms with Gasteiger partial charge in [0.25, 0.3) is 5.56 Å². The molecule has 1 N–H and O–H groups in total. The molecule has 0 saturated heterocycles. The molecule has 2 heterocycles. The monoisotopic (exact) mass is 301 g/mol. The minimum absolute atomic E-state index is 0.0528. The lowest BCUT2D eigenvalue weighted by molar-refractivity contribution is 0.402. The van der Waals surface area contributed by atoms with E-state index >= 15 is 0 Å². The molecule has 0 bridgehead atoms. The molecule has 22 heavy (non-hydrogen) atoms. The molecule has 0 radical (unpaired) electrons. The number of unbranched alkanes of at least 4 members (excludes halogenated alkanes) is 1. The summed E-state index contributed by atoms with van der Waals surface area (Å²) in [6.07, 6.45) is 2.88. The minimum atomic E-state index is -0.522. The SMILES string of the molecule is CCCCn1c(O)c(N=Nc2ccon2)c(C)c(C#N)c1=O. The van der Waals surface area contributed by atoms with Gasteiger partial charge in [-0.15, -0.1) is 10.2 Å². The highest BCUT2D eigenvalue weighted by atomic mass is 16.5. The van der Waals surface area contributed by atoms with Gasteiger partial charge < -0.3 is 9.63 Å². The van der Waals surface area contributed by atoms with Crippen molar-refractivity contribution in [1.29, 1.82) is 5.26 Å². The zero-order valence-electron chi connectivity index (χ0n) is 12.3. The molecule has 0 aliphatic heterocycles. The van der Waals surface area contributed by atoms with E-state index in [0.29, 0.717) is 13.0 Å². The minimum Gasteiger partial charge on any atom is -0.493 e. The van der Waals surface area contributed by atoms with E-state index in [4.69, 9.17) is 0 Å². The molecular weight excluding hydrogens is 286 g/mol. The van der Waals surface area contributed by atoms with Crippen molar-refractivity contribution in [2.45, 2.75) is 33.2 Å². The Morgan fingerprint density at radius 3 is 2.86 bits per heavy atom. The van der Waals surface area contributed by atoms with Gasteiger partial charge >= 0.3 is 0 Å². The van der Waals surface area contributed by atoms with Gasteiger partial charge in [0.2, 0.25) is 11.7 Å². The van der Waals surface area contributed by atoms with E-state index in [1.807, 2.05) is 13.0 Å².